The summed E-state index contributed by atoms with van der Waals surface area (Å²) < 4.78 is 5.48. The van der Waals surface area contributed by atoms with Gasteiger partial charge in [0.1, 0.15) is 0 Å². The lowest BCUT2D eigenvalue weighted by molar-refractivity contribution is -0.123. The van der Waals surface area contributed by atoms with Gasteiger partial charge in [-0.15, -0.1) is 0 Å². The Morgan fingerprint density at radius 1 is 1.11 bits per heavy atom. The number of carbonyl (C=O) groups excluding carboxylic acids is 1. The zero-order valence-electron chi connectivity index (χ0n) is 20.5. The van der Waals surface area contributed by atoms with Gasteiger partial charge < -0.3 is 35.2 Å². The van der Waals surface area contributed by atoms with Crippen molar-refractivity contribution in [2.75, 3.05) is 41.3 Å². The average molecular weight is 490 g/mol. The number of likely N-dealkylation sites (tertiary alicyclic amines) is 1. The Morgan fingerprint density at radius 2 is 1.71 bits per heavy atom. The van der Waals surface area contributed by atoms with Gasteiger partial charge in [0, 0.05) is 32.3 Å². The normalized spacial score (nSPS) is 17.0. The molecule has 0 saturated carbocycles. The van der Waals surface area contributed by atoms with Crippen LogP contribution in [0.4, 0.5) is 0 Å². The number of methoxy groups -OCH3 is 1. The fourth-order valence-corrected chi connectivity index (χ4v) is 3.92. The molecule has 4 N–H and O–H groups in total. The smallest absolute Gasteiger partial charge is 0.290 e. The monoisotopic (exact) mass is 489 g/mol. The molecule has 2 aromatic rings. The summed E-state index contributed by atoms with van der Waals surface area (Å²) in [5.74, 6) is -0.0948. The first-order chi connectivity index (χ1) is 16.7. The second-order valence-electron chi connectivity index (χ2n) is 8.25. The highest BCUT2D eigenvalue weighted by molar-refractivity contribution is 5.95. The molecule has 3 rings (SSSR count). The van der Waals surface area contributed by atoms with Gasteiger partial charge in [0.05, 0.1) is 18.8 Å². The zero-order chi connectivity index (χ0) is 26.4. The van der Waals surface area contributed by atoms with Crippen LogP contribution >= 0.6 is 0 Å². The standard InChI is InChI=1S/C23H31N3O3.2CH2O2/c1-25(2)12-16-5-10-20(19(11-16)15-27)17-6-8-18(9-7-17)23(28)24-21-13-26(3)14-22(21)29-4;2*2-1-3/h5-11,21-22,27H,12-15H2,1-4H3,(H,24,28);2*1H,(H,2,3)/t21-,22-;;/m0../s1. The molecular formula is C25H35N3O7. The maximum absolute atomic E-state index is 12.7. The van der Waals surface area contributed by atoms with Gasteiger partial charge in [-0.05, 0) is 55.5 Å². The van der Waals surface area contributed by atoms with Crippen molar-refractivity contribution in [3.8, 4) is 11.1 Å². The number of ether oxygens (including phenoxy) is 1. The van der Waals surface area contributed by atoms with Crippen molar-refractivity contribution in [3.63, 3.8) is 0 Å². The Bertz CT molecular complexity index is 929. The number of likely N-dealkylation sites (N-methyl/N-ethyl adjacent to an activating group) is 1. The SMILES string of the molecule is CO[C@H]1CN(C)C[C@@H]1NC(=O)c1ccc(-c2ccc(CN(C)C)cc2CO)cc1.O=CO.O=CO. The van der Waals surface area contributed by atoms with Crippen LogP contribution in [-0.4, -0.2) is 97.5 Å². The minimum Gasteiger partial charge on any atom is -0.483 e. The van der Waals surface area contributed by atoms with Gasteiger partial charge in [0.25, 0.3) is 18.9 Å². The van der Waals surface area contributed by atoms with Crippen molar-refractivity contribution < 1.29 is 34.4 Å². The third kappa shape index (κ3) is 9.45. The molecule has 192 valence electrons. The quantitative estimate of drug-likeness (QED) is 0.425. The number of amides is 1. The number of aliphatic hydroxyl groups is 1. The molecule has 2 atom stereocenters. The van der Waals surface area contributed by atoms with Crippen LogP contribution in [0.3, 0.4) is 0 Å². The lowest BCUT2D eigenvalue weighted by Crippen LogP contribution is -2.43. The van der Waals surface area contributed by atoms with E-state index >= 15 is 0 Å². The van der Waals surface area contributed by atoms with E-state index in [1.54, 1.807) is 7.11 Å². The van der Waals surface area contributed by atoms with Gasteiger partial charge in [-0.25, -0.2) is 0 Å². The van der Waals surface area contributed by atoms with Crippen LogP contribution < -0.4 is 5.32 Å². The summed E-state index contributed by atoms with van der Waals surface area (Å²) in [6.07, 6.45) is 0.0102. The summed E-state index contributed by atoms with van der Waals surface area (Å²) in [7, 11) is 7.75. The molecule has 0 radical (unpaired) electrons. The van der Waals surface area contributed by atoms with Crippen molar-refractivity contribution in [1.82, 2.24) is 15.1 Å². The fraction of sp³-hybridized carbons (Fsp3) is 0.400. The van der Waals surface area contributed by atoms with Crippen molar-refractivity contribution in [2.24, 2.45) is 0 Å². The first-order valence-corrected chi connectivity index (χ1v) is 10.9. The van der Waals surface area contributed by atoms with E-state index in [0.29, 0.717) is 5.56 Å². The molecule has 0 bridgehead atoms. The molecule has 2 aromatic carbocycles. The summed E-state index contributed by atoms with van der Waals surface area (Å²) in [4.78, 5) is 33.6. The number of aliphatic hydroxyl groups excluding tert-OH is 1. The number of nitrogens with one attached hydrogen (secondary N) is 1. The maximum atomic E-state index is 12.7. The third-order valence-corrected chi connectivity index (χ3v) is 5.36. The van der Waals surface area contributed by atoms with Crippen molar-refractivity contribution in [1.29, 1.82) is 0 Å². The molecule has 0 aliphatic carbocycles. The Hall–Kier alpha value is -3.31. The highest BCUT2D eigenvalue weighted by Crippen LogP contribution is 2.26. The Labute approximate surface area is 205 Å². The molecule has 0 spiro atoms. The molecule has 35 heavy (non-hydrogen) atoms. The number of carboxylic acid groups (broad SMARTS) is 2. The topological polar surface area (TPSA) is 140 Å². The van der Waals surface area contributed by atoms with Crippen LogP contribution in [0, 0.1) is 0 Å². The van der Waals surface area contributed by atoms with Crippen molar-refractivity contribution in [3.05, 3.63) is 59.2 Å². The highest BCUT2D eigenvalue weighted by Gasteiger charge is 2.32. The van der Waals surface area contributed by atoms with E-state index in [4.69, 9.17) is 24.5 Å². The lowest BCUT2D eigenvalue weighted by Gasteiger charge is -2.18. The Balaban J connectivity index is 0.000000926. The predicted octanol–water partition coefficient (Wildman–Crippen LogP) is 1.37. The molecule has 1 fully saturated rings. The Kier molecular flexibility index (Phi) is 13.2. The Morgan fingerprint density at radius 3 is 2.23 bits per heavy atom. The van der Waals surface area contributed by atoms with E-state index in [-0.39, 0.29) is 37.6 Å². The van der Waals surface area contributed by atoms with Crippen LogP contribution in [0.2, 0.25) is 0 Å². The summed E-state index contributed by atoms with van der Waals surface area (Å²) >= 11 is 0. The van der Waals surface area contributed by atoms with Gasteiger partial charge >= 0.3 is 0 Å². The summed E-state index contributed by atoms with van der Waals surface area (Å²) in [6.45, 7) is 1.90. The van der Waals surface area contributed by atoms with Crippen LogP contribution in [0.25, 0.3) is 11.1 Å². The van der Waals surface area contributed by atoms with Crippen molar-refractivity contribution >= 4 is 18.9 Å². The first-order valence-electron chi connectivity index (χ1n) is 10.9. The molecule has 1 heterocycles. The lowest BCUT2D eigenvalue weighted by atomic mass is 9.96. The summed E-state index contributed by atoms with van der Waals surface area (Å²) in [5.41, 5.74) is 4.63. The van der Waals surface area contributed by atoms with Gasteiger partial charge in [-0.2, -0.15) is 0 Å². The second-order valence-corrected chi connectivity index (χ2v) is 8.25. The minimum atomic E-state index is -0.250. The fourth-order valence-electron chi connectivity index (χ4n) is 3.92. The molecule has 1 aliphatic rings. The second kappa shape index (κ2) is 15.6. The van der Waals surface area contributed by atoms with Crippen LogP contribution in [0.1, 0.15) is 21.5 Å². The highest BCUT2D eigenvalue weighted by atomic mass is 16.5. The third-order valence-electron chi connectivity index (χ3n) is 5.36. The molecule has 1 saturated heterocycles. The summed E-state index contributed by atoms with van der Waals surface area (Å²) in [5, 5.41) is 26.7. The molecule has 1 amide bonds. The van der Waals surface area contributed by atoms with Gasteiger partial charge in [-0.3, -0.25) is 14.4 Å². The number of hydrogen-bond donors (Lipinski definition) is 4. The molecule has 0 unspecified atom stereocenters. The summed E-state index contributed by atoms with van der Waals surface area (Å²) in [6, 6.07) is 13.7. The zero-order valence-corrected chi connectivity index (χ0v) is 20.5. The van der Waals surface area contributed by atoms with Crippen LogP contribution in [0.5, 0.6) is 0 Å². The number of hydrogen-bond acceptors (Lipinski definition) is 7. The number of nitrogens with zero attached hydrogens (tertiary/aromatic N) is 2. The molecule has 10 nitrogen and oxygen atoms in total. The van der Waals surface area contributed by atoms with E-state index in [9.17, 15) is 9.90 Å². The van der Waals surface area contributed by atoms with E-state index in [0.717, 1.165) is 41.9 Å². The van der Waals surface area contributed by atoms with E-state index in [1.165, 1.54) is 0 Å². The van der Waals surface area contributed by atoms with E-state index in [2.05, 4.69) is 21.2 Å². The van der Waals surface area contributed by atoms with Gasteiger partial charge in [0.15, 0.2) is 0 Å². The largest absolute Gasteiger partial charge is 0.483 e. The molecule has 0 aromatic heterocycles. The van der Waals surface area contributed by atoms with Crippen LogP contribution in [0.15, 0.2) is 42.5 Å². The van der Waals surface area contributed by atoms with Gasteiger partial charge in [0.2, 0.25) is 0 Å². The van der Waals surface area contributed by atoms with Crippen LogP contribution in [-0.2, 0) is 27.5 Å². The minimum absolute atomic E-state index is 0.0102. The predicted molar refractivity (Wildman–Crippen MR) is 132 cm³/mol. The van der Waals surface area contributed by atoms with E-state index < -0.39 is 0 Å². The van der Waals surface area contributed by atoms with E-state index in [1.807, 2.05) is 57.5 Å². The number of rotatable bonds is 7. The molecule has 1 aliphatic heterocycles. The number of benzene rings is 2. The molecule has 10 heteroatoms. The first kappa shape index (κ1) is 29.7. The molecular weight excluding hydrogens is 454 g/mol. The van der Waals surface area contributed by atoms with Gasteiger partial charge in [-0.1, -0.05) is 30.3 Å². The maximum Gasteiger partial charge on any atom is 0.290 e. The van der Waals surface area contributed by atoms with Crippen molar-refractivity contribution in [2.45, 2.75) is 25.3 Å². The number of carbonyl (C=O) groups is 3. The average Bonchev–Trinajstić information content (AvgIpc) is 3.18.